The first kappa shape index (κ1) is 7.52. The standard InChI is InChI=1S/C7H13N3/c1-7(6-8)10-4-2-9-3-5-10/h7,9H,2-5H2,1H3/t7-/m0/s1. The smallest absolute Gasteiger partial charge is 0.0950 e. The summed E-state index contributed by atoms with van der Waals surface area (Å²) in [5, 5.41) is 11.8. The molecule has 1 aliphatic rings. The van der Waals surface area contributed by atoms with Gasteiger partial charge in [0, 0.05) is 26.2 Å². The Labute approximate surface area is 61.6 Å². The Morgan fingerprint density at radius 2 is 2.10 bits per heavy atom. The molecule has 1 aliphatic heterocycles. The normalized spacial score (nSPS) is 23.6. The monoisotopic (exact) mass is 139 g/mol. The molecule has 0 saturated carbocycles. The first-order valence-electron chi connectivity index (χ1n) is 3.69. The Bertz CT molecular complexity index is 132. The lowest BCUT2D eigenvalue weighted by molar-refractivity contribution is 0.216. The minimum Gasteiger partial charge on any atom is -0.314 e. The Morgan fingerprint density at radius 3 is 2.60 bits per heavy atom. The molecule has 56 valence electrons. The van der Waals surface area contributed by atoms with Crippen molar-refractivity contribution < 1.29 is 0 Å². The van der Waals surface area contributed by atoms with Crippen LogP contribution in [0.15, 0.2) is 0 Å². The lowest BCUT2D eigenvalue weighted by atomic mass is 10.2. The van der Waals surface area contributed by atoms with Crippen molar-refractivity contribution in [3.05, 3.63) is 0 Å². The average molecular weight is 139 g/mol. The van der Waals surface area contributed by atoms with Gasteiger partial charge in [-0.1, -0.05) is 0 Å². The van der Waals surface area contributed by atoms with Crippen LogP contribution in [0.25, 0.3) is 0 Å². The van der Waals surface area contributed by atoms with Gasteiger partial charge >= 0.3 is 0 Å². The molecule has 0 aliphatic carbocycles. The molecule has 1 saturated heterocycles. The van der Waals surface area contributed by atoms with Crippen molar-refractivity contribution in [2.24, 2.45) is 0 Å². The van der Waals surface area contributed by atoms with Crippen LogP contribution in [0.3, 0.4) is 0 Å². The lowest BCUT2D eigenvalue weighted by Gasteiger charge is -2.28. The van der Waals surface area contributed by atoms with Crippen LogP contribution >= 0.6 is 0 Å². The highest BCUT2D eigenvalue weighted by molar-refractivity contribution is 4.89. The maximum atomic E-state index is 8.57. The van der Waals surface area contributed by atoms with Crippen LogP contribution in [-0.4, -0.2) is 37.1 Å². The van der Waals surface area contributed by atoms with Crippen LogP contribution in [0.2, 0.25) is 0 Å². The quantitative estimate of drug-likeness (QED) is 0.547. The zero-order valence-corrected chi connectivity index (χ0v) is 6.30. The fourth-order valence-electron chi connectivity index (χ4n) is 1.15. The predicted octanol–water partition coefficient (Wildman–Crippen LogP) is -0.196. The fraction of sp³-hybridized carbons (Fsp3) is 0.857. The van der Waals surface area contributed by atoms with Gasteiger partial charge in [-0.25, -0.2) is 0 Å². The third-order valence-corrected chi connectivity index (χ3v) is 1.89. The third-order valence-electron chi connectivity index (χ3n) is 1.89. The molecule has 0 aromatic carbocycles. The maximum Gasteiger partial charge on any atom is 0.0950 e. The van der Waals surface area contributed by atoms with Gasteiger partial charge in [0.05, 0.1) is 12.1 Å². The molecule has 0 aromatic heterocycles. The lowest BCUT2D eigenvalue weighted by Crippen LogP contribution is -2.46. The van der Waals surface area contributed by atoms with Crippen LogP contribution in [0, 0.1) is 11.3 Å². The molecule has 0 amide bonds. The number of nitrogens with zero attached hydrogens (tertiary/aromatic N) is 2. The van der Waals surface area contributed by atoms with E-state index in [0.29, 0.717) is 0 Å². The number of nitrogens with one attached hydrogen (secondary N) is 1. The van der Waals surface area contributed by atoms with E-state index in [1.54, 1.807) is 0 Å². The van der Waals surface area contributed by atoms with Crippen LogP contribution in [0.1, 0.15) is 6.92 Å². The second kappa shape index (κ2) is 3.55. The second-order valence-corrected chi connectivity index (χ2v) is 2.59. The summed E-state index contributed by atoms with van der Waals surface area (Å²) in [7, 11) is 0. The summed E-state index contributed by atoms with van der Waals surface area (Å²) in [6.45, 7) is 6.01. The molecule has 0 bridgehead atoms. The van der Waals surface area contributed by atoms with Crippen molar-refractivity contribution in [2.45, 2.75) is 13.0 Å². The first-order chi connectivity index (χ1) is 4.84. The van der Waals surface area contributed by atoms with E-state index >= 15 is 0 Å². The Hall–Kier alpha value is -0.590. The molecule has 1 N–H and O–H groups in total. The summed E-state index contributed by atoms with van der Waals surface area (Å²) in [5.41, 5.74) is 0. The van der Waals surface area contributed by atoms with Crippen LogP contribution in [0.5, 0.6) is 0 Å². The van der Waals surface area contributed by atoms with E-state index in [2.05, 4.69) is 16.3 Å². The van der Waals surface area contributed by atoms with Gasteiger partial charge in [0.15, 0.2) is 0 Å². The number of nitriles is 1. The van der Waals surface area contributed by atoms with Crippen molar-refractivity contribution in [1.29, 1.82) is 5.26 Å². The van der Waals surface area contributed by atoms with Crippen molar-refractivity contribution in [3.63, 3.8) is 0 Å². The Morgan fingerprint density at radius 1 is 1.50 bits per heavy atom. The van der Waals surface area contributed by atoms with Crippen LogP contribution in [0.4, 0.5) is 0 Å². The zero-order chi connectivity index (χ0) is 7.40. The highest BCUT2D eigenvalue weighted by Gasteiger charge is 2.14. The molecule has 1 rings (SSSR count). The molecular weight excluding hydrogens is 126 g/mol. The summed E-state index contributed by atoms with van der Waals surface area (Å²) in [5.74, 6) is 0. The molecule has 0 unspecified atom stereocenters. The van der Waals surface area contributed by atoms with Crippen molar-refractivity contribution in [2.75, 3.05) is 26.2 Å². The second-order valence-electron chi connectivity index (χ2n) is 2.59. The highest BCUT2D eigenvalue weighted by atomic mass is 15.2. The summed E-state index contributed by atoms with van der Waals surface area (Å²) in [6.07, 6.45) is 0. The highest BCUT2D eigenvalue weighted by Crippen LogP contribution is 1.98. The van der Waals surface area contributed by atoms with Gasteiger partial charge in [0.25, 0.3) is 0 Å². The molecule has 0 radical (unpaired) electrons. The number of piperazine rings is 1. The molecule has 0 spiro atoms. The largest absolute Gasteiger partial charge is 0.314 e. The van der Waals surface area contributed by atoms with Crippen LogP contribution in [-0.2, 0) is 0 Å². The first-order valence-corrected chi connectivity index (χ1v) is 3.69. The van der Waals surface area contributed by atoms with E-state index in [1.165, 1.54) is 0 Å². The van der Waals surface area contributed by atoms with E-state index in [0.717, 1.165) is 26.2 Å². The third kappa shape index (κ3) is 1.69. The summed E-state index contributed by atoms with van der Waals surface area (Å²) in [6, 6.07) is 2.32. The Kier molecular flexibility index (Phi) is 2.67. The Balaban J connectivity index is 2.33. The molecule has 3 heteroatoms. The van der Waals surface area contributed by atoms with Gasteiger partial charge in [0.1, 0.15) is 0 Å². The minimum atomic E-state index is 0.0853. The topological polar surface area (TPSA) is 39.1 Å². The van der Waals surface area contributed by atoms with Crippen molar-refractivity contribution in [3.8, 4) is 6.07 Å². The molecule has 1 heterocycles. The maximum absolute atomic E-state index is 8.57. The zero-order valence-electron chi connectivity index (χ0n) is 6.30. The van der Waals surface area contributed by atoms with Crippen LogP contribution < -0.4 is 5.32 Å². The minimum absolute atomic E-state index is 0.0853. The summed E-state index contributed by atoms with van der Waals surface area (Å²) in [4.78, 5) is 2.19. The van der Waals surface area contributed by atoms with Gasteiger partial charge in [-0.3, -0.25) is 4.90 Å². The van der Waals surface area contributed by atoms with E-state index in [-0.39, 0.29) is 6.04 Å². The van der Waals surface area contributed by atoms with Gasteiger partial charge in [-0.05, 0) is 6.92 Å². The summed E-state index contributed by atoms with van der Waals surface area (Å²) < 4.78 is 0. The van der Waals surface area contributed by atoms with Crippen molar-refractivity contribution >= 4 is 0 Å². The SMILES string of the molecule is C[C@@H](C#N)N1CCNCC1. The van der Waals surface area contributed by atoms with Gasteiger partial charge in [-0.2, -0.15) is 5.26 Å². The van der Waals surface area contributed by atoms with E-state index in [1.807, 2.05) is 6.92 Å². The number of hydrogen-bond acceptors (Lipinski definition) is 3. The molecule has 1 atom stereocenters. The fourth-order valence-corrected chi connectivity index (χ4v) is 1.15. The van der Waals surface area contributed by atoms with Gasteiger partial charge in [-0.15, -0.1) is 0 Å². The molecular formula is C7H13N3. The van der Waals surface area contributed by atoms with E-state index in [9.17, 15) is 0 Å². The van der Waals surface area contributed by atoms with E-state index < -0.39 is 0 Å². The molecule has 3 nitrogen and oxygen atoms in total. The predicted molar refractivity (Wildman–Crippen MR) is 39.5 cm³/mol. The van der Waals surface area contributed by atoms with Gasteiger partial charge < -0.3 is 5.32 Å². The molecule has 0 aromatic rings. The molecule has 10 heavy (non-hydrogen) atoms. The molecule has 1 fully saturated rings. The van der Waals surface area contributed by atoms with Crippen molar-refractivity contribution in [1.82, 2.24) is 10.2 Å². The average Bonchev–Trinajstić information content (AvgIpc) is 2.05. The number of rotatable bonds is 1. The van der Waals surface area contributed by atoms with Gasteiger partial charge in [0.2, 0.25) is 0 Å². The van der Waals surface area contributed by atoms with E-state index in [4.69, 9.17) is 5.26 Å². The summed E-state index contributed by atoms with van der Waals surface area (Å²) >= 11 is 0. The number of hydrogen-bond donors (Lipinski definition) is 1.